The number of hydrogen-bond acceptors (Lipinski definition) is 12. The van der Waals surface area contributed by atoms with Gasteiger partial charge in [0.05, 0.1) is 31.9 Å². The molecule has 5 N–H and O–H groups in total. The van der Waals surface area contributed by atoms with E-state index in [-0.39, 0.29) is 17.1 Å². The molecule has 4 fully saturated rings. The van der Waals surface area contributed by atoms with Crippen LogP contribution in [0.1, 0.15) is 74.8 Å². The van der Waals surface area contributed by atoms with Crippen molar-refractivity contribution in [2.24, 2.45) is 11.3 Å². The molecule has 7 aliphatic rings. The van der Waals surface area contributed by atoms with Crippen molar-refractivity contribution in [3.8, 4) is 5.75 Å². The van der Waals surface area contributed by atoms with Gasteiger partial charge in [0, 0.05) is 89.8 Å². The highest BCUT2D eigenvalue weighted by atomic mass is 32.2. The van der Waals surface area contributed by atoms with Gasteiger partial charge >= 0.3 is 5.97 Å². The molecule has 6 aliphatic heterocycles. The normalized spacial score (nSPS) is 38.8. The van der Waals surface area contributed by atoms with E-state index in [1.54, 1.807) is 7.11 Å². The number of aromatic nitrogens is 1. The van der Waals surface area contributed by atoms with Crippen LogP contribution in [0.4, 0.5) is 5.69 Å². The lowest BCUT2D eigenvalue weighted by atomic mass is 9.47. The number of aromatic amines is 1. The number of para-hydroxylation sites is 1. The predicted octanol–water partition coefficient (Wildman–Crippen LogP) is 3.40. The molecule has 1 amide bonds. The second-order valence-corrected chi connectivity index (χ2v) is 20.2. The first-order chi connectivity index (χ1) is 29.3. The van der Waals surface area contributed by atoms with E-state index < -0.39 is 57.5 Å². The number of esters is 1. The van der Waals surface area contributed by atoms with Gasteiger partial charge in [-0.3, -0.25) is 24.2 Å². The Morgan fingerprint density at radius 1 is 1.05 bits per heavy atom. The highest BCUT2D eigenvalue weighted by molar-refractivity contribution is 8.14. The summed E-state index contributed by atoms with van der Waals surface area (Å²) in [6, 6.07) is 10.2. The number of anilines is 1. The number of methoxy groups -OCH3 is 2. The number of fused-ring (bicyclic) bond motifs is 6. The van der Waals surface area contributed by atoms with Gasteiger partial charge < -0.3 is 40.0 Å². The van der Waals surface area contributed by atoms with E-state index in [9.17, 15) is 24.9 Å². The molecule has 3 aromatic rings. The summed E-state index contributed by atoms with van der Waals surface area (Å²) < 4.78 is 12.3. The van der Waals surface area contributed by atoms with Crippen LogP contribution in [-0.2, 0) is 36.4 Å². The van der Waals surface area contributed by atoms with Crippen molar-refractivity contribution in [1.29, 1.82) is 0 Å². The molecule has 10 rings (SSSR count). The fourth-order valence-corrected chi connectivity index (χ4v) is 14.9. The van der Waals surface area contributed by atoms with Crippen molar-refractivity contribution in [2.45, 2.75) is 105 Å². The molecule has 1 spiro atoms. The number of aliphatic hydroxyl groups excluding tert-OH is 1. The maximum Gasteiger partial charge on any atom is 0.322 e. The summed E-state index contributed by atoms with van der Waals surface area (Å²) in [5.74, 6) is -0.272. The SMILES string of the molecule is CC[C@]1(O)C[C@H]2CN(CCc3c([nH]c4ccccc34)[C@@](C(=O)OC)(c3cc4c(cc3OC)N(C)[C@H]3[C@@](O)(C(=O)NC5CCSC5=O)[C@H](O)[C@]5(CC)C=CCN6CC[C@]43[C@@H]65)C2)C1. The van der Waals surface area contributed by atoms with Gasteiger partial charge in [-0.2, -0.15) is 0 Å². The van der Waals surface area contributed by atoms with Gasteiger partial charge in [-0.15, -0.1) is 0 Å². The van der Waals surface area contributed by atoms with Crippen molar-refractivity contribution in [3.05, 3.63) is 70.9 Å². The van der Waals surface area contributed by atoms with Crippen LogP contribution >= 0.6 is 11.8 Å². The second-order valence-electron chi connectivity index (χ2n) is 19.1. The fraction of sp³-hybridized carbons (Fsp3) is 0.596. The van der Waals surface area contributed by atoms with E-state index in [1.807, 2.05) is 62.2 Å². The highest BCUT2D eigenvalue weighted by Gasteiger charge is 2.79. The molecule has 14 heteroatoms. The van der Waals surface area contributed by atoms with Gasteiger partial charge in [0.1, 0.15) is 17.3 Å². The third-order valence-electron chi connectivity index (χ3n) is 16.4. The summed E-state index contributed by atoms with van der Waals surface area (Å²) in [5.41, 5.74) is -1.75. The Balaban J connectivity index is 1.24. The first-order valence-corrected chi connectivity index (χ1v) is 23.1. The van der Waals surface area contributed by atoms with Crippen molar-refractivity contribution >= 4 is 45.3 Å². The summed E-state index contributed by atoms with van der Waals surface area (Å²) in [4.78, 5) is 53.7. The van der Waals surface area contributed by atoms with Gasteiger partial charge in [0.25, 0.3) is 5.91 Å². The smallest absolute Gasteiger partial charge is 0.322 e. The maximum atomic E-state index is 15.4. The quantitative estimate of drug-likeness (QED) is 0.174. The van der Waals surface area contributed by atoms with Gasteiger partial charge in [-0.05, 0) is 80.7 Å². The Labute approximate surface area is 361 Å². The van der Waals surface area contributed by atoms with E-state index in [0.29, 0.717) is 94.7 Å². The minimum absolute atomic E-state index is 0.102. The molecule has 7 heterocycles. The molecule has 1 aliphatic carbocycles. The Kier molecular flexibility index (Phi) is 9.64. The second kappa shape index (κ2) is 14.3. The van der Waals surface area contributed by atoms with Crippen LogP contribution in [-0.4, -0.2) is 142 Å². The lowest BCUT2D eigenvalue weighted by molar-refractivity contribution is -0.204. The standard InChI is InChI=1S/C47H59N5O8S/c1-6-43(57)23-27-24-46(42(56)60-5,36-29(13-18-51(25-27)26-43)28-11-8-9-12-32(28)48-36)31-21-30-34(22-35(31)59-4)50(3)39-45(30)16-19-52-17-10-15-44(7-2,38(45)52)40(54)47(39,58)41(55)49-33-14-20-61-37(33)53/h8-12,15,21-22,27,33,38-40,48,54,57-58H,6-7,13-14,16-20,23-26H2,1-5H3,(H,49,55)/t27-,33?,38+,39-,40-,43+,44-,45-,46+,47+/m1/s1. The number of H-pyrrole nitrogens is 1. The number of likely N-dealkylation sites (N-methyl/N-ethyl adjacent to an activating group) is 1. The van der Waals surface area contributed by atoms with Crippen LogP contribution in [0.3, 0.4) is 0 Å². The van der Waals surface area contributed by atoms with Gasteiger partial charge in [-0.1, -0.05) is 56.0 Å². The molecule has 2 bridgehead atoms. The van der Waals surface area contributed by atoms with Crippen molar-refractivity contribution in [2.75, 3.05) is 64.6 Å². The lowest BCUT2D eigenvalue weighted by Gasteiger charge is -2.63. The van der Waals surface area contributed by atoms with Crippen molar-refractivity contribution in [3.63, 3.8) is 0 Å². The van der Waals surface area contributed by atoms with Crippen LogP contribution in [0.2, 0.25) is 0 Å². The number of piperidine rings is 1. The summed E-state index contributed by atoms with van der Waals surface area (Å²) in [7, 11) is 4.91. The van der Waals surface area contributed by atoms with E-state index in [2.05, 4.69) is 32.2 Å². The third-order valence-corrected chi connectivity index (χ3v) is 17.5. The minimum atomic E-state index is -2.35. The zero-order chi connectivity index (χ0) is 42.9. The summed E-state index contributed by atoms with van der Waals surface area (Å²) in [6.07, 6.45) is 6.08. The van der Waals surface area contributed by atoms with Crippen LogP contribution in [0.25, 0.3) is 10.9 Å². The molecular formula is C47H59N5O8S. The monoisotopic (exact) mass is 853 g/mol. The van der Waals surface area contributed by atoms with E-state index in [0.717, 1.165) is 33.4 Å². The third kappa shape index (κ3) is 5.41. The summed E-state index contributed by atoms with van der Waals surface area (Å²) >= 11 is 1.17. The lowest BCUT2D eigenvalue weighted by Crippen LogP contribution is -2.82. The predicted molar refractivity (Wildman–Crippen MR) is 233 cm³/mol. The topological polar surface area (TPSA) is 168 Å². The Morgan fingerprint density at radius 3 is 2.57 bits per heavy atom. The number of carbonyl (C=O) groups is 3. The number of ether oxygens (including phenoxy) is 2. The van der Waals surface area contributed by atoms with Crippen LogP contribution < -0.4 is 15.0 Å². The number of carbonyl (C=O) groups excluding carboxylic acids is 3. The minimum Gasteiger partial charge on any atom is -0.496 e. The van der Waals surface area contributed by atoms with Gasteiger partial charge in [-0.25, -0.2) is 0 Å². The number of rotatable bonds is 7. The number of nitrogens with zero attached hydrogens (tertiary/aromatic N) is 3. The average molecular weight is 854 g/mol. The summed E-state index contributed by atoms with van der Waals surface area (Å²) in [5, 5.41) is 42.0. The van der Waals surface area contributed by atoms with E-state index in [4.69, 9.17) is 9.47 Å². The largest absolute Gasteiger partial charge is 0.496 e. The van der Waals surface area contributed by atoms with Crippen molar-refractivity contribution in [1.82, 2.24) is 20.1 Å². The number of nitrogens with one attached hydrogen (secondary N) is 2. The molecule has 13 nitrogen and oxygen atoms in total. The molecule has 3 saturated heterocycles. The highest BCUT2D eigenvalue weighted by Crippen LogP contribution is 2.67. The number of hydrogen-bond donors (Lipinski definition) is 5. The van der Waals surface area contributed by atoms with E-state index >= 15 is 4.79 Å². The first-order valence-electron chi connectivity index (χ1n) is 22.1. The molecule has 2 unspecified atom stereocenters. The van der Waals surface area contributed by atoms with E-state index in [1.165, 1.54) is 18.9 Å². The van der Waals surface area contributed by atoms with Crippen molar-refractivity contribution < 1.29 is 39.2 Å². The Morgan fingerprint density at radius 2 is 1.85 bits per heavy atom. The van der Waals surface area contributed by atoms with Crippen LogP contribution in [0, 0.1) is 11.3 Å². The van der Waals surface area contributed by atoms with Gasteiger partial charge in [0.2, 0.25) is 5.12 Å². The number of thioether (sulfide) groups is 1. The zero-order valence-electron chi connectivity index (χ0n) is 35.8. The Hall–Kier alpha value is -3.92. The number of amides is 1. The van der Waals surface area contributed by atoms with Crippen LogP contribution in [0.5, 0.6) is 5.75 Å². The Bertz CT molecular complexity index is 2350. The zero-order valence-corrected chi connectivity index (χ0v) is 36.6. The molecule has 326 valence electrons. The number of benzene rings is 2. The first kappa shape index (κ1) is 41.1. The summed E-state index contributed by atoms with van der Waals surface area (Å²) in [6.45, 7) is 7.31. The maximum absolute atomic E-state index is 15.4. The molecule has 0 radical (unpaired) electrons. The molecule has 2 aromatic carbocycles. The molecule has 61 heavy (non-hydrogen) atoms. The fourth-order valence-electron chi connectivity index (χ4n) is 13.9. The molecular weight excluding hydrogens is 795 g/mol. The average Bonchev–Trinajstić information content (AvgIpc) is 4.03. The molecule has 1 saturated carbocycles. The molecule has 1 aromatic heterocycles. The molecule has 11 atom stereocenters. The van der Waals surface area contributed by atoms with Gasteiger partial charge in [0.15, 0.2) is 5.60 Å². The number of aliphatic hydroxyl groups is 3. The van der Waals surface area contributed by atoms with Crippen LogP contribution in [0.15, 0.2) is 48.6 Å².